The van der Waals surface area contributed by atoms with Crippen molar-refractivity contribution in [3.63, 3.8) is 0 Å². The Morgan fingerprint density at radius 1 is 1.07 bits per heavy atom. The van der Waals surface area contributed by atoms with Crippen LogP contribution in [0, 0.1) is 0 Å². The van der Waals surface area contributed by atoms with Crippen LogP contribution in [-0.4, -0.2) is 21.4 Å². The number of nitrogens with two attached hydrogens (primary N) is 1. The number of nitrogens with one attached hydrogen (secondary N) is 1. The Morgan fingerprint density at radius 3 is 2.37 bits per heavy atom. The van der Waals surface area contributed by atoms with Crippen molar-refractivity contribution >= 4 is 37.4 Å². The first-order valence-electron chi connectivity index (χ1n) is 7.90. The van der Waals surface area contributed by atoms with E-state index in [0.29, 0.717) is 16.8 Å². The van der Waals surface area contributed by atoms with Gasteiger partial charge < -0.3 is 19.0 Å². The Hall–Kier alpha value is -0.934. The molecular weight excluding hydrogens is 483 g/mol. The van der Waals surface area contributed by atoms with Crippen LogP contribution in [0.4, 0.5) is 5.69 Å². The van der Waals surface area contributed by atoms with Gasteiger partial charge in [0, 0.05) is 11.1 Å². The molecule has 3 aromatic rings. The predicted molar refractivity (Wildman–Crippen MR) is 103 cm³/mol. The molecule has 0 fully saturated rings. The number of benzene rings is 2. The van der Waals surface area contributed by atoms with Crippen LogP contribution >= 0.6 is 11.6 Å². The maximum absolute atomic E-state index is 12.0. The molecule has 13 heteroatoms. The van der Waals surface area contributed by atoms with Gasteiger partial charge in [0.2, 0.25) is 10.0 Å². The molecule has 0 amide bonds. The van der Waals surface area contributed by atoms with Crippen LogP contribution in [0.1, 0.15) is 5.76 Å². The van der Waals surface area contributed by atoms with E-state index in [-0.39, 0.29) is 75.1 Å². The Morgan fingerprint density at radius 2 is 1.80 bits per heavy atom. The fourth-order valence-corrected chi connectivity index (χ4v) is 4.02. The van der Waals surface area contributed by atoms with E-state index in [2.05, 4.69) is 5.32 Å². The summed E-state index contributed by atoms with van der Waals surface area (Å²) >= 11 is 5.90. The minimum Gasteiger partial charge on any atom is -0.744 e. The van der Waals surface area contributed by atoms with Crippen molar-refractivity contribution in [3.8, 4) is 11.5 Å². The van der Waals surface area contributed by atoms with Crippen molar-refractivity contribution in [2.24, 2.45) is 5.14 Å². The van der Waals surface area contributed by atoms with Crippen molar-refractivity contribution in [2.45, 2.75) is 16.3 Å². The topological polar surface area (TPSA) is 152 Å². The average molecular weight is 497 g/mol. The first-order chi connectivity index (χ1) is 13.5. The zero-order valence-corrected chi connectivity index (χ0v) is 21.0. The number of hydrogen-bond acceptors (Lipinski definition) is 8. The molecule has 2 aromatic carbocycles. The van der Waals surface area contributed by atoms with Gasteiger partial charge in [0.05, 0.1) is 23.4 Å². The molecule has 0 bridgehead atoms. The zero-order chi connectivity index (χ0) is 21.2. The third-order valence-corrected chi connectivity index (χ3v) is 5.72. The van der Waals surface area contributed by atoms with Crippen LogP contribution in [0.3, 0.4) is 0 Å². The van der Waals surface area contributed by atoms with E-state index in [9.17, 15) is 21.4 Å². The first kappa shape index (κ1) is 25.3. The van der Waals surface area contributed by atoms with Gasteiger partial charge in [-0.15, -0.1) is 0 Å². The van der Waals surface area contributed by atoms with E-state index in [4.69, 9.17) is 25.9 Å². The normalized spacial score (nSPS) is 11.6. The quantitative estimate of drug-likeness (QED) is 0.339. The second-order valence-corrected chi connectivity index (χ2v) is 9.10. The maximum Gasteiger partial charge on any atom is 1.00 e. The standard InChI is InChI=1S/C17H15ClN2O7S2.K/c18-11-3-1-4-12(7-11)27-15-8-14(20-10-13-5-2-6-26-13)16(29(23,24)25)9-17(15)28(19,21)22;/h1-9,20H,10H2,(H2,19,21,22)(H,23,24,25);/q;+1/p-1. The number of ether oxygens (including phenoxy) is 1. The smallest absolute Gasteiger partial charge is 0.744 e. The van der Waals surface area contributed by atoms with E-state index in [1.165, 1.54) is 18.4 Å². The Kier molecular flexibility index (Phi) is 8.55. The van der Waals surface area contributed by atoms with Crippen LogP contribution in [0.15, 0.2) is 69.0 Å². The number of halogens is 1. The summed E-state index contributed by atoms with van der Waals surface area (Å²) in [6.45, 7) is 0.0286. The van der Waals surface area contributed by atoms with Crippen LogP contribution < -0.4 is 66.6 Å². The number of hydrogen-bond donors (Lipinski definition) is 2. The number of rotatable bonds is 7. The molecular formula is C17H14ClKN2O7S2. The SMILES string of the molecule is NS(=O)(=O)c1cc(S(=O)(=O)[O-])c(NCc2ccco2)cc1Oc1cccc(Cl)c1.[K+]. The molecule has 30 heavy (non-hydrogen) atoms. The van der Waals surface area contributed by atoms with Gasteiger partial charge >= 0.3 is 51.4 Å². The van der Waals surface area contributed by atoms with Gasteiger partial charge in [-0.05, 0) is 36.4 Å². The molecule has 3 rings (SSSR count). The Bertz CT molecular complexity index is 1250. The van der Waals surface area contributed by atoms with Gasteiger partial charge in [-0.1, -0.05) is 17.7 Å². The molecule has 1 heterocycles. The molecule has 0 atom stereocenters. The second kappa shape index (κ2) is 10.1. The van der Waals surface area contributed by atoms with Crippen molar-refractivity contribution in [1.82, 2.24) is 0 Å². The molecule has 0 aliphatic rings. The molecule has 3 N–H and O–H groups in total. The largest absolute Gasteiger partial charge is 1.00 e. The van der Waals surface area contributed by atoms with Gasteiger partial charge in [0.1, 0.15) is 32.3 Å². The molecule has 0 saturated heterocycles. The number of anilines is 1. The van der Waals surface area contributed by atoms with E-state index >= 15 is 0 Å². The van der Waals surface area contributed by atoms with Gasteiger partial charge in [-0.2, -0.15) is 0 Å². The molecule has 0 aliphatic heterocycles. The fraction of sp³-hybridized carbons (Fsp3) is 0.0588. The molecule has 1 aromatic heterocycles. The molecule has 9 nitrogen and oxygen atoms in total. The first-order valence-corrected chi connectivity index (χ1v) is 11.2. The minimum atomic E-state index is -5.04. The third kappa shape index (κ3) is 6.53. The Balaban J connectivity index is 0.00000320. The molecule has 0 unspecified atom stereocenters. The maximum atomic E-state index is 12.0. The van der Waals surface area contributed by atoms with Crippen molar-refractivity contribution in [2.75, 3.05) is 5.32 Å². The van der Waals surface area contributed by atoms with E-state index < -0.39 is 29.9 Å². The summed E-state index contributed by atoms with van der Waals surface area (Å²) in [7, 11) is -9.47. The van der Waals surface area contributed by atoms with Gasteiger partial charge in [-0.25, -0.2) is 22.0 Å². The van der Waals surface area contributed by atoms with Crippen LogP contribution in [0.2, 0.25) is 5.02 Å². The molecule has 154 valence electrons. The van der Waals surface area contributed by atoms with Crippen molar-refractivity contribution in [1.29, 1.82) is 0 Å². The van der Waals surface area contributed by atoms with Gasteiger partial charge in [0.25, 0.3) is 0 Å². The fourth-order valence-electron chi connectivity index (χ4n) is 2.44. The zero-order valence-electron chi connectivity index (χ0n) is 15.5. The molecule has 0 aliphatic carbocycles. The van der Waals surface area contributed by atoms with Gasteiger partial charge in [-0.3, -0.25) is 0 Å². The van der Waals surface area contributed by atoms with E-state index in [1.54, 1.807) is 24.3 Å². The van der Waals surface area contributed by atoms with Crippen molar-refractivity contribution < 1.29 is 81.9 Å². The minimum absolute atomic E-state index is 0. The third-order valence-electron chi connectivity index (χ3n) is 3.68. The average Bonchev–Trinajstić information content (AvgIpc) is 3.11. The molecule has 0 spiro atoms. The number of primary sulfonamides is 1. The summed E-state index contributed by atoms with van der Waals surface area (Å²) in [4.78, 5) is -1.47. The van der Waals surface area contributed by atoms with Crippen LogP contribution in [0.25, 0.3) is 0 Å². The number of furan rings is 1. The summed E-state index contributed by atoms with van der Waals surface area (Å²) in [6.07, 6.45) is 1.42. The van der Waals surface area contributed by atoms with Gasteiger partial charge in [0.15, 0.2) is 0 Å². The Labute approximate surface area is 220 Å². The summed E-state index contributed by atoms with van der Waals surface area (Å²) in [5.41, 5.74) is -0.180. The van der Waals surface area contributed by atoms with Crippen LogP contribution in [-0.2, 0) is 26.7 Å². The van der Waals surface area contributed by atoms with Crippen LogP contribution in [0.5, 0.6) is 11.5 Å². The van der Waals surface area contributed by atoms with E-state index in [0.717, 1.165) is 6.07 Å². The van der Waals surface area contributed by atoms with Crippen molar-refractivity contribution in [3.05, 3.63) is 65.6 Å². The summed E-state index contributed by atoms with van der Waals surface area (Å²) in [6, 6.07) is 11.0. The molecule has 0 saturated carbocycles. The number of sulfonamides is 1. The second-order valence-electron chi connectivity index (χ2n) is 5.79. The van der Waals surface area contributed by atoms with E-state index in [1.807, 2.05) is 0 Å². The predicted octanol–water partition coefficient (Wildman–Crippen LogP) is -0.107. The summed E-state index contributed by atoms with van der Waals surface area (Å²) in [5, 5.41) is 8.24. The summed E-state index contributed by atoms with van der Waals surface area (Å²) < 4.78 is 69.8. The monoisotopic (exact) mass is 496 g/mol. The molecule has 0 radical (unpaired) electrons. The summed E-state index contributed by atoms with van der Waals surface area (Å²) in [5.74, 6) is 0.341.